The van der Waals surface area contributed by atoms with Gasteiger partial charge < -0.3 is 19.9 Å². The molecule has 0 heterocycles. The predicted octanol–water partition coefficient (Wildman–Crippen LogP) is 2.22. The first-order valence-corrected chi connectivity index (χ1v) is 6.29. The molecule has 5 heteroatoms. The number of nitrogens with one attached hydrogen (secondary N) is 1. The van der Waals surface area contributed by atoms with E-state index in [0.717, 1.165) is 12.0 Å². The van der Waals surface area contributed by atoms with E-state index < -0.39 is 0 Å². The van der Waals surface area contributed by atoms with Gasteiger partial charge in [0, 0.05) is 13.1 Å². The number of rotatable bonds is 7. The van der Waals surface area contributed by atoms with E-state index in [-0.39, 0.29) is 6.10 Å². The number of benzene rings is 1. The van der Waals surface area contributed by atoms with Crippen molar-refractivity contribution in [3.05, 3.63) is 22.7 Å². The maximum atomic E-state index is 9.44. The molecule has 0 saturated carbocycles. The largest absolute Gasteiger partial charge is 0.493 e. The van der Waals surface area contributed by atoms with Gasteiger partial charge in [0.1, 0.15) is 0 Å². The highest BCUT2D eigenvalue weighted by atomic mass is 35.5. The van der Waals surface area contributed by atoms with Gasteiger partial charge in [-0.05, 0) is 24.1 Å². The Labute approximate surface area is 113 Å². The maximum Gasteiger partial charge on any atom is 0.179 e. The molecule has 2 N–H and O–H groups in total. The van der Waals surface area contributed by atoms with Crippen LogP contribution in [0.15, 0.2) is 12.1 Å². The zero-order chi connectivity index (χ0) is 13.5. The van der Waals surface area contributed by atoms with Crippen molar-refractivity contribution in [2.24, 2.45) is 0 Å². The molecule has 1 unspecified atom stereocenters. The summed E-state index contributed by atoms with van der Waals surface area (Å²) in [5.74, 6) is 1.15. The number of ether oxygens (including phenoxy) is 2. The SMILES string of the molecule is CCC(O)CNCc1cc(Cl)c(OC)c(OC)c1. The highest BCUT2D eigenvalue weighted by molar-refractivity contribution is 6.32. The molecule has 1 rings (SSSR count). The Morgan fingerprint density at radius 3 is 2.61 bits per heavy atom. The van der Waals surface area contributed by atoms with Crippen molar-refractivity contribution in [3.8, 4) is 11.5 Å². The molecule has 0 fully saturated rings. The van der Waals surface area contributed by atoms with Gasteiger partial charge in [-0.15, -0.1) is 0 Å². The third kappa shape index (κ3) is 4.05. The lowest BCUT2D eigenvalue weighted by atomic mass is 10.2. The van der Waals surface area contributed by atoms with Gasteiger partial charge in [-0.3, -0.25) is 0 Å². The maximum absolute atomic E-state index is 9.44. The molecule has 0 saturated heterocycles. The van der Waals surface area contributed by atoms with Crippen LogP contribution < -0.4 is 14.8 Å². The zero-order valence-electron chi connectivity index (χ0n) is 11.0. The van der Waals surface area contributed by atoms with Crippen molar-refractivity contribution in [1.29, 1.82) is 0 Å². The molecule has 0 aliphatic heterocycles. The second-order valence-corrected chi connectivity index (χ2v) is 4.41. The summed E-state index contributed by atoms with van der Waals surface area (Å²) >= 11 is 6.10. The molecule has 102 valence electrons. The number of aliphatic hydroxyl groups excluding tert-OH is 1. The average Bonchev–Trinajstić information content (AvgIpc) is 2.37. The molecular formula is C13H20ClNO3. The summed E-state index contributed by atoms with van der Waals surface area (Å²) in [5, 5.41) is 13.1. The van der Waals surface area contributed by atoms with E-state index >= 15 is 0 Å². The lowest BCUT2D eigenvalue weighted by molar-refractivity contribution is 0.167. The summed E-state index contributed by atoms with van der Waals surface area (Å²) in [7, 11) is 3.13. The van der Waals surface area contributed by atoms with Crippen LogP contribution in [0, 0.1) is 0 Å². The normalized spacial score (nSPS) is 12.3. The summed E-state index contributed by atoms with van der Waals surface area (Å²) in [5.41, 5.74) is 0.987. The quantitative estimate of drug-likeness (QED) is 0.800. The lowest BCUT2D eigenvalue weighted by Crippen LogP contribution is -2.25. The van der Waals surface area contributed by atoms with E-state index in [0.29, 0.717) is 29.6 Å². The molecule has 0 spiro atoms. The van der Waals surface area contributed by atoms with E-state index in [9.17, 15) is 5.11 Å². The molecule has 0 radical (unpaired) electrons. The molecule has 4 nitrogen and oxygen atoms in total. The lowest BCUT2D eigenvalue weighted by Gasteiger charge is -2.13. The second kappa shape index (κ2) is 7.46. The van der Waals surface area contributed by atoms with Gasteiger partial charge in [0.05, 0.1) is 25.3 Å². The van der Waals surface area contributed by atoms with Crippen molar-refractivity contribution in [2.45, 2.75) is 26.0 Å². The van der Waals surface area contributed by atoms with Gasteiger partial charge in [-0.1, -0.05) is 18.5 Å². The minimum Gasteiger partial charge on any atom is -0.493 e. The molecule has 0 aromatic heterocycles. The molecule has 1 atom stereocenters. The van der Waals surface area contributed by atoms with Gasteiger partial charge in [-0.2, -0.15) is 0 Å². The van der Waals surface area contributed by atoms with Crippen molar-refractivity contribution in [2.75, 3.05) is 20.8 Å². The highest BCUT2D eigenvalue weighted by Gasteiger charge is 2.10. The average molecular weight is 274 g/mol. The fourth-order valence-corrected chi connectivity index (χ4v) is 1.91. The second-order valence-electron chi connectivity index (χ2n) is 4.01. The number of hydrogen-bond acceptors (Lipinski definition) is 4. The Morgan fingerprint density at radius 2 is 2.06 bits per heavy atom. The smallest absolute Gasteiger partial charge is 0.179 e. The van der Waals surface area contributed by atoms with Gasteiger partial charge in [0.15, 0.2) is 11.5 Å². The summed E-state index contributed by atoms with van der Waals surface area (Å²) in [6.07, 6.45) is 0.417. The topological polar surface area (TPSA) is 50.7 Å². The fourth-order valence-electron chi connectivity index (χ4n) is 1.60. The minimum absolute atomic E-state index is 0.319. The Kier molecular flexibility index (Phi) is 6.25. The number of hydrogen-bond donors (Lipinski definition) is 2. The molecular weight excluding hydrogens is 254 g/mol. The Balaban J connectivity index is 2.69. The summed E-state index contributed by atoms with van der Waals surface area (Å²) < 4.78 is 10.4. The highest BCUT2D eigenvalue weighted by Crippen LogP contribution is 2.35. The van der Waals surface area contributed by atoms with Gasteiger partial charge in [0.2, 0.25) is 0 Å². The molecule has 1 aromatic carbocycles. The third-order valence-electron chi connectivity index (χ3n) is 2.67. The number of halogens is 1. The first kappa shape index (κ1) is 15.1. The zero-order valence-corrected chi connectivity index (χ0v) is 11.8. The van der Waals surface area contributed by atoms with Gasteiger partial charge >= 0.3 is 0 Å². The van der Waals surface area contributed by atoms with E-state index in [4.69, 9.17) is 21.1 Å². The van der Waals surface area contributed by atoms with E-state index in [1.807, 2.05) is 19.1 Å². The van der Waals surface area contributed by atoms with Crippen LogP contribution in [0.4, 0.5) is 0 Å². The van der Waals surface area contributed by atoms with E-state index in [2.05, 4.69) is 5.32 Å². The summed E-state index contributed by atoms with van der Waals surface area (Å²) in [4.78, 5) is 0. The van der Waals surface area contributed by atoms with Crippen LogP contribution in [-0.4, -0.2) is 32.0 Å². The van der Waals surface area contributed by atoms with Crippen LogP contribution in [0.1, 0.15) is 18.9 Å². The van der Waals surface area contributed by atoms with Crippen molar-refractivity contribution in [1.82, 2.24) is 5.32 Å². The standard InChI is InChI=1S/C13H20ClNO3/c1-4-10(16)8-15-7-9-5-11(14)13(18-3)12(6-9)17-2/h5-6,10,15-16H,4,7-8H2,1-3H3. The van der Waals surface area contributed by atoms with Crippen molar-refractivity contribution in [3.63, 3.8) is 0 Å². The predicted molar refractivity (Wildman–Crippen MR) is 72.6 cm³/mol. The molecule has 18 heavy (non-hydrogen) atoms. The first-order valence-electron chi connectivity index (χ1n) is 5.91. The summed E-state index contributed by atoms with van der Waals surface area (Å²) in [6, 6.07) is 3.70. The van der Waals surface area contributed by atoms with Crippen LogP contribution in [0.3, 0.4) is 0 Å². The molecule has 1 aromatic rings. The van der Waals surface area contributed by atoms with Crippen molar-refractivity contribution < 1.29 is 14.6 Å². The summed E-state index contributed by atoms with van der Waals surface area (Å²) in [6.45, 7) is 3.12. The van der Waals surface area contributed by atoms with Crippen LogP contribution in [0.2, 0.25) is 5.02 Å². The molecule has 0 aliphatic carbocycles. The molecule has 0 aliphatic rings. The Bertz CT molecular complexity index is 385. The Hall–Kier alpha value is -0.970. The van der Waals surface area contributed by atoms with Gasteiger partial charge in [0.25, 0.3) is 0 Å². The monoisotopic (exact) mass is 273 g/mol. The van der Waals surface area contributed by atoms with Crippen LogP contribution in [-0.2, 0) is 6.54 Å². The van der Waals surface area contributed by atoms with Crippen molar-refractivity contribution >= 4 is 11.6 Å². The molecule has 0 amide bonds. The first-order chi connectivity index (χ1) is 8.62. The van der Waals surface area contributed by atoms with E-state index in [1.54, 1.807) is 14.2 Å². The Morgan fingerprint density at radius 1 is 1.33 bits per heavy atom. The number of methoxy groups -OCH3 is 2. The van der Waals surface area contributed by atoms with Crippen LogP contribution in [0.25, 0.3) is 0 Å². The fraction of sp³-hybridized carbons (Fsp3) is 0.538. The van der Waals surface area contributed by atoms with Crippen LogP contribution in [0.5, 0.6) is 11.5 Å². The van der Waals surface area contributed by atoms with E-state index in [1.165, 1.54) is 0 Å². The molecule has 0 bridgehead atoms. The third-order valence-corrected chi connectivity index (χ3v) is 2.95. The van der Waals surface area contributed by atoms with Crippen LogP contribution >= 0.6 is 11.6 Å². The number of aliphatic hydroxyl groups is 1. The van der Waals surface area contributed by atoms with Gasteiger partial charge in [-0.25, -0.2) is 0 Å². The minimum atomic E-state index is -0.319.